The molecule has 9 heteroatoms. The summed E-state index contributed by atoms with van der Waals surface area (Å²) in [6, 6.07) is 6.85. The number of carbonyl (C=O) groups is 2. The van der Waals surface area contributed by atoms with E-state index in [0.29, 0.717) is 21.3 Å². The summed E-state index contributed by atoms with van der Waals surface area (Å²) < 4.78 is 1.60. The number of nitrogens with zero attached hydrogens (tertiary/aromatic N) is 4. The highest BCUT2D eigenvalue weighted by Gasteiger charge is 2.18. The van der Waals surface area contributed by atoms with E-state index in [1.54, 1.807) is 28.8 Å². The SMILES string of the molecule is CC(=O)Nc1ccc(NC(=O)c2nn3c(C(C)C)nnc3s2)cc1. The van der Waals surface area contributed by atoms with Gasteiger partial charge in [-0.2, -0.15) is 4.52 Å². The van der Waals surface area contributed by atoms with Crippen molar-refractivity contribution in [2.24, 2.45) is 0 Å². The number of amides is 2. The molecular formula is C15H16N6O2S. The van der Waals surface area contributed by atoms with Gasteiger partial charge in [-0.15, -0.1) is 15.3 Å². The van der Waals surface area contributed by atoms with Gasteiger partial charge in [0.2, 0.25) is 15.9 Å². The Morgan fingerprint density at radius 1 is 1.08 bits per heavy atom. The number of benzene rings is 1. The summed E-state index contributed by atoms with van der Waals surface area (Å²) in [5.74, 6) is 0.430. The van der Waals surface area contributed by atoms with Crippen LogP contribution < -0.4 is 10.6 Å². The second-order valence-electron chi connectivity index (χ2n) is 5.53. The maximum Gasteiger partial charge on any atom is 0.286 e. The molecule has 3 rings (SSSR count). The monoisotopic (exact) mass is 344 g/mol. The summed E-state index contributed by atoms with van der Waals surface area (Å²) in [7, 11) is 0. The van der Waals surface area contributed by atoms with Crippen molar-refractivity contribution in [3.63, 3.8) is 0 Å². The Labute approximate surface area is 141 Å². The van der Waals surface area contributed by atoms with E-state index in [1.165, 1.54) is 18.3 Å². The highest BCUT2D eigenvalue weighted by Crippen LogP contribution is 2.20. The van der Waals surface area contributed by atoms with E-state index >= 15 is 0 Å². The largest absolute Gasteiger partial charge is 0.326 e. The third-order valence-corrected chi connectivity index (χ3v) is 4.09. The molecule has 0 unspecified atom stereocenters. The number of anilines is 2. The van der Waals surface area contributed by atoms with Gasteiger partial charge in [-0.1, -0.05) is 25.2 Å². The van der Waals surface area contributed by atoms with Crippen molar-refractivity contribution in [3.05, 3.63) is 35.1 Å². The van der Waals surface area contributed by atoms with E-state index in [-0.39, 0.29) is 17.7 Å². The highest BCUT2D eigenvalue weighted by atomic mass is 32.1. The van der Waals surface area contributed by atoms with Crippen LogP contribution in [-0.4, -0.2) is 31.6 Å². The first kappa shape index (κ1) is 16.1. The summed E-state index contributed by atoms with van der Waals surface area (Å²) in [5.41, 5.74) is 1.28. The minimum atomic E-state index is -0.313. The highest BCUT2D eigenvalue weighted by molar-refractivity contribution is 7.18. The topological polar surface area (TPSA) is 101 Å². The third kappa shape index (κ3) is 3.25. The Bertz CT molecular complexity index is 896. The molecule has 0 fully saturated rings. The molecule has 2 N–H and O–H groups in total. The lowest BCUT2D eigenvalue weighted by molar-refractivity contribution is -0.114. The lowest BCUT2D eigenvalue weighted by atomic mass is 10.2. The van der Waals surface area contributed by atoms with Crippen molar-refractivity contribution in [3.8, 4) is 0 Å². The zero-order valence-corrected chi connectivity index (χ0v) is 14.2. The van der Waals surface area contributed by atoms with Gasteiger partial charge >= 0.3 is 0 Å². The molecule has 0 atom stereocenters. The molecule has 3 aromatic rings. The second kappa shape index (κ2) is 6.36. The van der Waals surface area contributed by atoms with E-state index in [9.17, 15) is 9.59 Å². The standard InChI is InChI=1S/C15H16N6O2S/c1-8(2)12-18-19-15-21(12)20-14(24-15)13(23)17-11-6-4-10(5-7-11)16-9(3)22/h4-8H,1-3H3,(H,16,22)(H,17,23). The summed E-state index contributed by atoms with van der Waals surface area (Å²) in [6.45, 7) is 5.42. The number of fused-ring (bicyclic) bond motifs is 1. The number of carbonyl (C=O) groups excluding carboxylic acids is 2. The van der Waals surface area contributed by atoms with Crippen LogP contribution in [0.4, 0.5) is 11.4 Å². The van der Waals surface area contributed by atoms with Crippen molar-refractivity contribution in [2.45, 2.75) is 26.7 Å². The fourth-order valence-electron chi connectivity index (χ4n) is 2.11. The van der Waals surface area contributed by atoms with Crippen LogP contribution in [0.2, 0.25) is 0 Å². The Morgan fingerprint density at radius 2 is 1.71 bits per heavy atom. The minimum absolute atomic E-state index is 0.146. The van der Waals surface area contributed by atoms with Gasteiger partial charge in [0.1, 0.15) is 0 Å². The molecule has 1 aromatic carbocycles. The van der Waals surface area contributed by atoms with Crippen molar-refractivity contribution in [1.29, 1.82) is 0 Å². The Morgan fingerprint density at radius 3 is 2.29 bits per heavy atom. The number of aromatic nitrogens is 4. The average molecular weight is 344 g/mol. The number of hydrogen-bond donors (Lipinski definition) is 2. The number of nitrogens with one attached hydrogen (secondary N) is 2. The molecule has 24 heavy (non-hydrogen) atoms. The molecule has 0 radical (unpaired) electrons. The van der Waals surface area contributed by atoms with Crippen LogP contribution in [0.3, 0.4) is 0 Å². The van der Waals surface area contributed by atoms with Gasteiger partial charge in [0.25, 0.3) is 5.91 Å². The van der Waals surface area contributed by atoms with Gasteiger partial charge in [0.15, 0.2) is 5.82 Å². The fraction of sp³-hybridized carbons (Fsp3) is 0.267. The minimum Gasteiger partial charge on any atom is -0.326 e. The van der Waals surface area contributed by atoms with Gasteiger partial charge in [0, 0.05) is 24.2 Å². The maximum absolute atomic E-state index is 12.3. The van der Waals surface area contributed by atoms with E-state index in [2.05, 4.69) is 25.9 Å². The van der Waals surface area contributed by atoms with Crippen molar-refractivity contribution < 1.29 is 9.59 Å². The second-order valence-corrected chi connectivity index (χ2v) is 6.48. The Kier molecular flexibility index (Phi) is 4.26. The smallest absolute Gasteiger partial charge is 0.286 e. The van der Waals surface area contributed by atoms with Gasteiger partial charge < -0.3 is 10.6 Å². The van der Waals surface area contributed by atoms with Gasteiger partial charge in [-0.05, 0) is 24.3 Å². The zero-order chi connectivity index (χ0) is 17.3. The average Bonchev–Trinajstić information content (AvgIpc) is 3.08. The molecule has 0 bridgehead atoms. The maximum atomic E-state index is 12.3. The lowest BCUT2D eigenvalue weighted by Gasteiger charge is -2.05. The predicted octanol–water partition coefficient (Wildman–Crippen LogP) is 2.52. The first-order chi connectivity index (χ1) is 11.4. The molecule has 2 heterocycles. The van der Waals surface area contributed by atoms with Crippen LogP contribution >= 0.6 is 11.3 Å². The van der Waals surface area contributed by atoms with Crippen LogP contribution in [0.1, 0.15) is 42.3 Å². The molecule has 0 aliphatic carbocycles. The molecule has 0 saturated carbocycles. The van der Waals surface area contributed by atoms with E-state index in [0.717, 1.165) is 5.82 Å². The fourth-order valence-corrected chi connectivity index (χ4v) is 2.85. The van der Waals surface area contributed by atoms with Crippen LogP contribution in [-0.2, 0) is 4.79 Å². The number of hydrogen-bond acceptors (Lipinski definition) is 6. The first-order valence-electron chi connectivity index (χ1n) is 7.35. The van der Waals surface area contributed by atoms with Crippen LogP contribution in [0.5, 0.6) is 0 Å². The Balaban J connectivity index is 1.76. The summed E-state index contributed by atoms with van der Waals surface area (Å²) >= 11 is 1.18. The lowest BCUT2D eigenvalue weighted by Crippen LogP contribution is -2.12. The molecule has 0 saturated heterocycles. The van der Waals surface area contributed by atoms with Gasteiger partial charge in [0.05, 0.1) is 0 Å². The van der Waals surface area contributed by atoms with Crippen LogP contribution in [0, 0.1) is 0 Å². The summed E-state index contributed by atoms with van der Waals surface area (Å²) in [4.78, 5) is 23.9. The van der Waals surface area contributed by atoms with E-state index < -0.39 is 0 Å². The molecule has 0 aliphatic rings. The molecule has 8 nitrogen and oxygen atoms in total. The molecule has 0 spiro atoms. The number of rotatable bonds is 4. The van der Waals surface area contributed by atoms with E-state index in [4.69, 9.17) is 0 Å². The molecule has 2 aromatic heterocycles. The zero-order valence-electron chi connectivity index (χ0n) is 13.4. The summed E-state index contributed by atoms with van der Waals surface area (Å²) in [6.07, 6.45) is 0. The quantitative estimate of drug-likeness (QED) is 0.757. The predicted molar refractivity (Wildman–Crippen MR) is 91.4 cm³/mol. The van der Waals surface area contributed by atoms with Gasteiger partial charge in [-0.3, -0.25) is 9.59 Å². The molecular weight excluding hydrogens is 328 g/mol. The van der Waals surface area contributed by atoms with Crippen molar-refractivity contribution in [1.82, 2.24) is 19.8 Å². The van der Waals surface area contributed by atoms with Crippen molar-refractivity contribution in [2.75, 3.05) is 10.6 Å². The van der Waals surface area contributed by atoms with Crippen LogP contribution in [0.25, 0.3) is 4.96 Å². The molecule has 124 valence electrons. The van der Waals surface area contributed by atoms with Crippen LogP contribution in [0.15, 0.2) is 24.3 Å². The summed E-state index contributed by atoms with van der Waals surface area (Å²) in [5, 5.41) is 18.1. The first-order valence-corrected chi connectivity index (χ1v) is 8.17. The molecule has 2 amide bonds. The third-order valence-electron chi connectivity index (χ3n) is 3.19. The van der Waals surface area contributed by atoms with E-state index in [1.807, 2.05) is 13.8 Å². The normalized spacial score (nSPS) is 11.0. The molecule has 0 aliphatic heterocycles. The Hall–Kier alpha value is -2.81. The van der Waals surface area contributed by atoms with Crippen molar-refractivity contribution >= 4 is 39.5 Å². The van der Waals surface area contributed by atoms with Gasteiger partial charge in [-0.25, -0.2) is 0 Å².